The second-order valence-electron chi connectivity index (χ2n) is 9.84. The Balaban J connectivity index is 1.86. The number of aliphatic hydroxyl groups excluding tert-OH is 1. The summed E-state index contributed by atoms with van der Waals surface area (Å²) >= 11 is 0. The molecular weight excluding hydrogens is 490 g/mol. The predicted octanol–water partition coefficient (Wildman–Crippen LogP) is 2.66. The predicted molar refractivity (Wildman–Crippen MR) is 139 cm³/mol. The number of nitrogens with one attached hydrogen (secondary N) is 1. The van der Waals surface area contributed by atoms with Crippen LogP contribution in [0.4, 0.5) is 0 Å². The number of fused-ring (bicyclic) bond motifs is 3. The zero-order valence-electron chi connectivity index (χ0n) is 22.2. The summed E-state index contributed by atoms with van der Waals surface area (Å²) in [5.41, 5.74) is 0.809. The number of Topliss-reactive ketones (excluding diaryl/α,β-unsaturated/α-hetero) is 1. The Morgan fingerprint density at radius 1 is 1.18 bits per heavy atom. The minimum absolute atomic E-state index is 0.0315. The number of aliphatic hydroxyl groups is 1. The summed E-state index contributed by atoms with van der Waals surface area (Å²) in [7, 11) is 0. The lowest BCUT2D eigenvalue weighted by Crippen LogP contribution is -2.36. The standard InChI is InChI=1S/C28H35N3O7/c1-17(2)26-19(4)9-10-24(34)29-11-5-7-18(3)13-20(32)14-21(33)15-25-30-22(16-37-25)27(35)31-12-6-8-23(31)28(36)38-26/h5,7-10,13,16-17,19-20,26,32H,6,11-12,14-15H2,1-4H3,(H,29,34)/b7-5+,10-9-,18-13+/t19-,20-,26-/m1/s1. The molecule has 0 saturated heterocycles. The van der Waals surface area contributed by atoms with Gasteiger partial charge in [0.1, 0.15) is 23.8 Å². The van der Waals surface area contributed by atoms with Gasteiger partial charge in [-0.1, -0.05) is 56.7 Å². The van der Waals surface area contributed by atoms with Crippen molar-refractivity contribution in [3.05, 3.63) is 65.6 Å². The van der Waals surface area contributed by atoms with Crippen molar-refractivity contribution < 1.29 is 33.4 Å². The molecule has 0 fully saturated rings. The highest BCUT2D eigenvalue weighted by Gasteiger charge is 2.33. The van der Waals surface area contributed by atoms with E-state index < -0.39 is 24.1 Å². The molecule has 2 aliphatic heterocycles. The Morgan fingerprint density at radius 3 is 2.68 bits per heavy atom. The Morgan fingerprint density at radius 2 is 1.95 bits per heavy atom. The van der Waals surface area contributed by atoms with Crippen molar-refractivity contribution in [2.24, 2.45) is 11.8 Å². The van der Waals surface area contributed by atoms with Crippen LogP contribution in [0.2, 0.25) is 0 Å². The molecular formula is C28H35N3O7. The average Bonchev–Trinajstić information content (AvgIpc) is 3.52. The van der Waals surface area contributed by atoms with E-state index in [1.54, 1.807) is 37.3 Å². The highest BCUT2D eigenvalue weighted by molar-refractivity contribution is 6.00. The first-order valence-corrected chi connectivity index (χ1v) is 12.7. The summed E-state index contributed by atoms with van der Waals surface area (Å²) in [4.78, 5) is 56.3. The zero-order valence-corrected chi connectivity index (χ0v) is 22.2. The molecule has 2 aliphatic rings. The molecule has 0 spiro atoms. The van der Waals surface area contributed by atoms with E-state index in [4.69, 9.17) is 9.15 Å². The Labute approximate surface area is 222 Å². The third-order valence-corrected chi connectivity index (χ3v) is 6.19. The number of allylic oxidation sites excluding steroid dienone is 2. The first-order valence-electron chi connectivity index (χ1n) is 12.7. The van der Waals surface area contributed by atoms with Gasteiger partial charge in [-0.25, -0.2) is 9.78 Å². The number of carbonyl (C=O) groups excluding carboxylic acids is 4. The number of hydrogen-bond donors (Lipinski definition) is 2. The molecule has 10 heteroatoms. The molecule has 10 nitrogen and oxygen atoms in total. The lowest BCUT2D eigenvalue weighted by atomic mass is 9.94. The van der Waals surface area contributed by atoms with Crippen LogP contribution in [0.5, 0.6) is 0 Å². The van der Waals surface area contributed by atoms with Crippen molar-refractivity contribution in [1.29, 1.82) is 0 Å². The monoisotopic (exact) mass is 525 g/mol. The van der Waals surface area contributed by atoms with Crippen LogP contribution in [-0.4, -0.2) is 63.9 Å². The summed E-state index contributed by atoms with van der Waals surface area (Å²) in [6, 6.07) is 0. The van der Waals surface area contributed by atoms with Gasteiger partial charge in [-0.2, -0.15) is 0 Å². The SMILES string of the molecule is CC1=C\[C@@H](O)CC(=O)Cc2nc(co2)C(=O)N2CCC=C2C(=O)O[C@H](C(C)C)[C@H](C)/C=C\C(=O)NC\C=C\1. The summed E-state index contributed by atoms with van der Waals surface area (Å²) < 4.78 is 11.1. The Kier molecular flexibility index (Phi) is 9.95. The summed E-state index contributed by atoms with van der Waals surface area (Å²) in [6.45, 7) is 8.00. The Hall–Kier alpha value is -3.79. The summed E-state index contributed by atoms with van der Waals surface area (Å²) in [5, 5.41) is 13.0. The van der Waals surface area contributed by atoms with Crippen LogP contribution < -0.4 is 5.32 Å². The molecule has 0 aliphatic carbocycles. The first-order chi connectivity index (χ1) is 18.0. The third kappa shape index (κ3) is 7.85. The van der Waals surface area contributed by atoms with Crippen molar-refractivity contribution in [3.8, 4) is 0 Å². The molecule has 2 amide bonds. The van der Waals surface area contributed by atoms with Gasteiger partial charge in [0.05, 0.1) is 12.5 Å². The van der Waals surface area contributed by atoms with Crippen molar-refractivity contribution in [1.82, 2.24) is 15.2 Å². The van der Waals surface area contributed by atoms with E-state index in [0.29, 0.717) is 6.42 Å². The summed E-state index contributed by atoms with van der Waals surface area (Å²) in [6.07, 6.45) is 9.48. The molecule has 1 aromatic heterocycles. The lowest BCUT2D eigenvalue weighted by Gasteiger charge is -2.27. The van der Waals surface area contributed by atoms with E-state index >= 15 is 0 Å². The average molecular weight is 526 g/mol. The molecule has 0 aromatic carbocycles. The maximum atomic E-state index is 13.1. The van der Waals surface area contributed by atoms with Crippen molar-refractivity contribution in [2.45, 2.75) is 59.2 Å². The van der Waals surface area contributed by atoms with Gasteiger partial charge in [0.25, 0.3) is 5.91 Å². The molecule has 2 bridgehead atoms. The Bertz CT molecular complexity index is 1170. The zero-order chi connectivity index (χ0) is 27.8. The van der Waals surface area contributed by atoms with Gasteiger partial charge >= 0.3 is 5.97 Å². The minimum Gasteiger partial charge on any atom is -0.457 e. The fraction of sp³-hybridized carbons (Fsp3) is 0.464. The van der Waals surface area contributed by atoms with Crippen LogP contribution in [0.25, 0.3) is 0 Å². The molecule has 38 heavy (non-hydrogen) atoms. The number of esters is 1. The lowest BCUT2D eigenvalue weighted by molar-refractivity contribution is -0.149. The topological polar surface area (TPSA) is 139 Å². The number of ether oxygens (including phenoxy) is 1. The second kappa shape index (κ2) is 13.1. The van der Waals surface area contributed by atoms with E-state index in [2.05, 4.69) is 10.3 Å². The number of cyclic esters (lactones) is 1. The van der Waals surface area contributed by atoms with Crippen LogP contribution >= 0.6 is 0 Å². The third-order valence-electron chi connectivity index (χ3n) is 6.19. The fourth-order valence-electron chi connectivity index (χ4n) is 4.33. The molecule has 1 aromatic rings. The summed E-state index contributed by atoms with van der Waals surface area (Å²) in [5.74, 6) is -2.07. The molecule has 0 radical (unpaired) electrons. The number of ketones is 1. The van der Waals surface area contributed by atoms with Crippen LogP contribution in [0.15, 0.2) is 58.4 Å². The number of carbonyl (C=O) groups is 4. The van der Waals surface area contributed by atoms with Gasteiger partial charge in [-0.3, -0.25) is 14.4 Å². The highest BCUT2D eigenvalue weighted by Crippen LogP contribution is 2.24. The molecule has 3 heterocycles. The number of hydrogen-bond acceptors (Lipinski definition) is 8. The number of rotatable bonds is 1. The van der Waals surface area contributed by atoms with Crippen LogP contribution in [0, 0.1) is 11.8 Å². The number of amides is 2. The quantitative estimate of drug-likeness (QED) is 0.534. The number of aromatic nitrogens is 1. The molecule has 3 rings (SSSR count). The minimum atomic E-state index is -1.01. The van der Waals surface area contributed by atoms with Gasteiger partial charge in [-0.05, 0) is 25.3 Å². The van der Waals surface area contributed by atoms with Crippen molar-refractivity contribution >= 4 is 23.6 Å². The van der Waals surface area contributed by atoms with Crippen LogP contribution in [-0.2, 0) is 25.5 Å². The van der Waals surface area contributed by atoms with Gasteiger partial charge in [0, 0.05) is 25.4 Å². The van der Waals surface area contributed by atoms with Gasteiger partial charge in [0.2, 0.25) is 11.8 Å². The number of nitrogens with zero attached hydrogens (tertiary/aromatic N) is 2. The molecule has 2 N–H and O–H groups in total. The largest absolute Gasteiger partial charge is 0.457 e. The van der Waals surface area contributed by atoms with E-state index in [0.717, 1.165) is 11.8 Å². The van der Waals surface area contributed by atoms with Crippen molar-refractivity contribution in [3.63, 3.8) is 0 Å². The maximum Gasteiger partial charge on any atom is 0.355 e. The van der Waals surface area contributed by atoms with E-state index in [1.807, 2.05) is 20.8 Å². The fourth-order valence-corrected chi connectivity index (χ4v) is 4.33. The maximum absolute atomic E-state index is 13.1. The molecule has 3 atom stereocenters. The van der Waals surface area contributed by atoms with E-state index in [9.17, 15) is 24.3 Å². The van der Waals surface area contributed by atoms with E-state index in [1.165, 1.54) is 11.0 Å². The van der Waals surface area contributed by atoms with Gasteiger partial charge < -0.3 is 24.5 Å². The molecule has 0 saturated carbocycles. The van der Waals surface area contributed by atoms with E-state index in [-0.39, 0.29) is 66.7 Å². The second-order valence-corrected chi connectivity index (χ2v) is 9.84. The normalized spacial score (nSPS) is 27.6. The highest BCUT2D eigenvalue weighted by atomic mass is 16.5. The van der Waals surface area contributed by atoms with Crippen LogP contribution in [0.1, 0.15) is 56.9 Å². The van der Waals surface area contributed by atoms with Crippen LogP contribution in [0.3, 0.4) is 0 Å². The number of oxazole rings is 1. The molecule has 0 unspecified atom stereocenters. The smallest absolute Gasteiger partial charge is 0.355 e. The first kappa shape index (κ1) is 28.8. The molecule has 204 valence electrons. The van der Waals surface area contributed by atoms with Crippen molar-refractivity contribution in [2.75, 3.05) is 13.1 Å². The van der Waals surface area contributed by atoms with Gasteiger partial charge in [0.15, 0.2) is 5.69 Å². The van der Waals surface area contributed by atoms with Gasteiger partial charge in [-0.15, -0.1) is 0 Å².